The number of hydrogen-bond donors (Lipinski definition) is 1. The topological polar surface area (TPSA) is 40.2 Å². The number of aryl methyl sites for hydroxylation is 1. The molecular weight excluding hydrogens is 512 g/mol. The van der Waals surface area contributed by atoms with Gasteiger partial charge >= 0.3 is 0 Å². The smallest absolute Gasteiger partial charge is 0.126 e. The minimum absolute atomic E-state index is 0.388. The Bertz CT molecular complexity index is 1450. The molecule has 0 spiro atoms. The maximum Gasteiger partial charge on any atom is 0.126 e. The van der Waals surface area contributed by atoms with Gasteiger partial charge in [0.1, 0.15) is 5.75 Å². The van der Waals surface area contributed by atoms with Crippen LogP contribution >= 0.6 is 0 Å². The molecule has 0 bridgehead atoms. The predicted molar refractivity (Wildman–Crippen MR) is 177 cm³/mol. The van der Waals surface area contributed by atoms with Crippen LogP contribution in [0.1, 0.15) is 99.7 Å². The highest BCUT2D eigenvalue weighted by Gasteiger charge is 2.24. The molecule has 4 aromatic rings. The van der Waals surface area contributed by atoms with Crippen molar-refractivity contribution in [3.63, 3.8) is 0 Å². The minimum atomic E-state index is 0.388. The van der Waals surface area contributed by atoms with Crippen molar-refractivity contribution >= 4 is 10.9 Å². The van der Waals surface area contributed by atoms with Crippen molar-refractivity contribution in [2.24, 2.45) is 17.6 Å². The average molecular weight is 563 g/mol. The first-order chi connectivity index (χ1) is 20.6. The summed E-state index contributed by atoms with van der Waals surface area (Å²) in [7, 11) is 1.78. The van der Waals surface area contributed by atoms with Crippen LogP contribution in [-0.4, -0.2) is 17.7 Å². The lowest BCUT2D eigenvalue weighted by Gasteiger charge is -2.26. The van der Waals surface area contributed by atoms with E-state index in [0.29, 0.717) is 12.0 Å². The number of nitrogens with two attached hydrogens (primary N) is 1. The van der Waals surface area contributed by atoms with Crippen molar-refractivity contribution in [2.75, 3.05) is 7.11 Å². The van der Waals surface area contributed by atoms with Crippen LogP contribution in [0.3, 0.4) is 0 Å². The van der Waals surface area contributed by atoms with Crippen LogP contribution < -0.4 is 10.5 Å². The normalized spacial score (nSPS) is 20.5. The Morgan fingerprint density at radius 3 is 2.45 bits per heavy atom. The standard InChI is InChI=1S/C39H50N2O/c1-28-10-8-14-31(24-28)34(16-9-13-29-18-21-33(40)22-19-29)37-27-41(26-30-11-4-3-5-12-30)38-23-20-32(25-36(37)38)35-15-6-7-17-39(35)42-2/h6-8,10,14-15,17,20,23-25,27,29-30,33-34H,3-5,9,11-13,16,18-19,21-22,26,40H2,1-2H3. The summed E-state index contributed by atoms with van der Waals surface area (Å²) in [6.45, 7) is 3.37. The second-order valence-electron chi connectivity index (χ2n) is 13.4. The van der Waals surface area contributed by atoms with E-state index >= 15 is 0 Å². The maximum absolute atomic E-state index is 6.22. The quantitative estimate of drug-likeness (QED) is 0.209. The second-order valence-corrected chi connectivity index (χ2v) is 13.4. The van der Waals surface area contributed by atoms with Gasteiger partial charge in [0.25, 0.3) is 0 Å². The van der Waals surface area contributed by atoms with E-state index in [1.165, 1.54) is 110 Å². The fourth-order valence-corrected chi connectivity index (χ4v) is 7.93. The summed E-state index contributed by atoms with van der Waals surface area (Å²) in [5.41, 5.74) is 14.3. The van der Waals surface area contributed by atoms with Gasteiger partial charge in [-0.15, -0.1) is 0 Å². The number of para-hydroxylation sites is 1. The minimum Gasteiger partial charge on any atom is -0.496 e. The number of rotatable bonds is 10. The molecule has 1 heterocycles. The highest BCUT2D eigenvalue weighted by molar-refractivity contribution is 5.90. The molecule has 1 aromatic heterocycles. The third-order valence-corrected chi connectivity index (χ3v) is 10.3. The molecule has 0 amide bonds. The van der Waals surface area contributed by atoms with E-state index in [2.05, 4.69) is 84.4 Å². The van der Waals surface area contributed by atoms with Gasteiger partial charge in [0.2, 0.25) is 0 Å². The van der Waals surface area contributed by atoms with Crippen molar-refractivity contribution < 1.29 is 4.74 Å². The van der Waals surface area contributed by atoms with Gasteiger partial charge in [0.15, 0.2) is 0 Å². The van der Waals surface area contributed by atoms with Crippen LogP contribution in [0.4, 0.5) is 0 Å². The molecule has 2 saturated carbocycles. The maximum atomic E-state index is 6.22. The molecule has 2 fully saturated rings. The van der Waals surface area contributed by atoms with E-state index in [4.69, 9.17) is 10.5 Å². The summed E-state index contributed by atoms with van der Waals surface area (Å²) in [4.78, 5) is 0. The zero-order valence-corrected chi connectivity index (χ0v) is 25.9. The zero-order valence-electron chi connectivity index (χ0n) is 25.9. The van der Waals surface area contributed by atoms with E-state index in [1.54, 1.807) is 7.11 Å². The molecule has 2 aliphatic rings. The van der Waals surface area contributed by atoms with Crippen molar-refractivity contribution in [2.45, 2.75) is 102 Å². The summed E-state index contributed by atoms with van der Waals surface area (Å²) >= 11 is 0. The Morgan fingerprint density at radius 1 is 0.857 bits per heavy atom. The van der Waals surface area contributed by atoms with E-state index in [-0.39, 0.29) is 0 Å². The average Bonchev–Trinajstić information content (AvgIpc) is 3.37. The fraction of sp³-hybridized carbons (Fsp3) is 0.487. The lowest BCUT2D eigenvalue weighted by Crippen LogP contribution is -2.26. The van der Waals surface area contributed by atoms with E-state index in [1.807, 2.05) is 0 Å². The van der Waals surface area contributed by atoms with Crippen molar-refractivity contribution in [3.8, 4) is 16.9 Å². The SMILES string of the molecule is COc1ccccc1-c1ccc2c(c1)c(C(CCCC1CCC(N)CC1)c1cccc(C)c1)cn2CC1CCCCC1. The highest BCUT2D eigenvalue weighted by Crippen LogP contribution is 2.41. The van der Waals surface area contributed by atoms with Gasteiger partial charge < -0.3 is 15.0 Å². The van der Waals surface area contributed by atoms with E-state index in [0.717, 1.165) is 29.7 Å². The summed E-state index contributed by atoms with van der Waals surface area (Å²) in [5, 5.41) is 1.41. The number of hydrogen-bond acceptors (Lipinski definition) is 2. The fourth-order valence-electron chi connectivity index (χ4n) is 7.93. The van der Waals surface area contributed by atoms with Crippen molar-refractivity contribution in [3.05, 3.63) is 89.6 Å². The Balaban J connectivity index is 1.39. The third-order valence-electron chi connectivity index (χ3n) is 10.3. The number of benzene rings is 3. The Kier molecular flexibility index (Phi) is 9.34. The number of ether oxygens (including phenoxy) is 1. The van der Waals surface area contributed by atoms with Crippen LogP contribution in [-0.2, 0) is 6.54 Å². The van der Waals surface area contributed by atoms with Crippen LogP contribution in [0.2, 0.25) is 0 Å². The summed E-state index contributed by atoms with van der Waals surface area (Å²) in [5.74, 6) is 2.94. The summed E-state index contributed by atoms with van der Waals surface area (Å²) < 4.78 is 8.39. The van der Waals surface area contributed by atoms with Crippen molar-refractivity contribution in [1.82, 2.24) is 4.57 Å². The first kappa shape index (κ1) is 29.1. The predicted octanol–water partition coefficient (Wildman–Crippen LogP) is 10.0. The van der Waals surface area contributed by atoms with Gasteiger partial charge in [-0.2, -0.15) is 0 Å². The van der Waals surface area contributed by atoms with Crippen LogP contribution in [0, 0.1) is 18.8 Å². The van der Waals surface area contributed by atoms with Gasteiger partial charge in [-0.25, -0.2) is 0 Å². The summed E-state index contributed by atoms with van der Waals surface area (Å²) in [6.07, 6.45) is 18.2. The van der Waals surface area contributed by atoms with Crippen LogP contribution in [0.5, 0.6) is 5.75 Å². The first-order valence-electron chi connectivity index (χ1n) is 16.7. The molecule has 1 atom stereocenters. The van der Waals surface area contributed by atoms with E-state index < -0.39 is 0 Å². The number of methoxy groups -OCH3 is 1. The Morgan fingerprint density at radius 2 is 1.67 bits per heavy atom. The molecule has 3 nitrogen and oxygen atoms in total. The number of fused-ring (bicyclic) bond motifs is 1. The van der Waals surface area contributed by atoms with Crippen LogP contribution in [0.15, 0.2) is 72.9 Å². The summed E-state index contributed by atoms with van der Waals surface area (Å²) in [6, 6.07) is 25.3. The zero-order chi connectivity index (χ0) is 28.9. The van der Waals surface area contributed by atoms with Gasteiger partial charge in [-0.1, -0.05) is 86.2 Å². The van der Waals surface area contributed by atoms with Crippen molar-refractivity contribution in [1.29, 1.82) is 0 Å². The number of nitrogens with zero attached hydrogens (tertiary/aromatic N) is 1. The third kappa shape index (κ3) is 6.62. The molecule has 0 saturated heterocycles. The largest absolute Gasteiger partial charge is 0.496 e. The van der Waals surface area contributed by atoms with Gasteiger partial charge in [-0.05, 0) is 98.6 Å². The first-order valence-corrected chi connectivity index (χ1v) is 16.7. The molecule has 0 radical (unpaired) electrons. The molecule has 2 aliphatic carbocycles. The highest BCUT2D eigenvalue weighted by atomic mass is 16.5. The molecule has 42 heavy (non-hydrogen) atoms. The van der Waals surface area contributed by atoms with Gasteiger partial charge in [0.05, 0.1) is 7.11 Å². The molecule has 1 unspecified atom stereocenters. The Hall–Kier alpha value is -3.04. The molecule has 3 heteroatoms. The molecule has 0 aliphatic heterocycles. The molecule has 3 aromatic carbocycles. The Labute approximate surface area is 253 Å². The monoisotopic (exact) mass is 562 g/mol. The van der Waals surface area contributed by atoms with Gasteiger partial charge in [-0.3, -0.25) is 0 Å². The number of aromatic nitrogens is 1. The lowest BCUT2D eigenvalue weighted by atomic mass is 9.81. The van der Waals surface area contributed by atoms with Crippen LogP contribution in [0.25, 0.3) is 22.0 Å². The molecular formula is C39H50N2O. The van der Waals surface area contributed by atoms with E-state index in [9.17, 15) is 0 Å². The molecule has 222 valence electrons. The molecule has 6 rings (SSSR count). The second kappa shape index (κ2) is 13.5. The molecule has 2 N–H and O–H groups in total. The lowest BCUT2D eigenvalue weighted by molar-refractivity contribution is 0.302. The van der Waals surface area contributed by atoms with Gasteiger partial charge in [0, 0.05) is 41.2 Å².